The summed E-state index contributed by atoms with van der Waals surface area (Å²) in [5.74, 6) is 0.825. The van der Waals surface area contributed by atoms with Crippen LogP contribution in [0.25, 0.3) is 0 Å². The third kappa shape index (κ3) is 4.55. The van der Waals surface area contributed by atoms with Gasteiger partial charge in [0.25, 0.3) is 0 Å². The maximum absolute atomic E-state index is 10.3. The van der Waals surface area contributed by atoms with E-state index in [1.807, 2.05) is 30.3 Å². The zero-order valence-electron chi connectivity index (χ0n) is 13.6. The van der Waals surface area contributed by atoms with Crippen LogP contribution in [0.3, 0.4) is 0 Å². The summed E-state index contributed by atoms with van der Waals surface area (Å²) in [7, 11) is 0. The Hall–Kier alpha value is -0.900. The van der Waals surface area contributed by atoms with Crippen molar-refractivity contribution in [2.45, 2.75) is 50.7 Å². The Morgan fingerprint density at radius 1 is 1.05 bits per heavy atom. The van der Waals surface area contributed by atoms with Crippen LogP contribution in [0, 0.1) is 5.92 Å². The molecule has 122 valence electrons. The minimum absolute atomic E-state index is 0.352. The number of nitrogens with one attached hydrogen (secondary N) is 1. The predicted octanol–water partition coefficient (Wildman–Crippen LogP) is 2.96. The van der Waals surface area contributed by atoms with E-state index in [1.54, 1.807) is 0 Å². The first kappa shape index (κ1) is 16.0. The molecule has 3 nitrogen and oxygen atoms in total. The van der Waals surface area contributed by atoms with Gasteiger partial charge >= 0.3 is 0 Å². The second-order valence-corrected chi connectivity index (χ2v) is 7.06. The molecule has 0 aromatic heterocycles. The fourth-order valence-corrected chi connectivity index (χ4v) is 3.86. The van der Waals surface area contributed by atoms with E-state index in [0.29, 0.717) is 0 Å². The number of rotatable bonds is 6. The molecule has 1 aromatic carbocycles. The summed E-state index contributed by atoms with van der Waals surface area (Å²) < 4.78 is 0. The highest BCUT2D eigenvalue weighted by molar-refractivity contribution is 5.17. The highest BCUT2D eigenvalue weighted by Crippen LogP contribution is 2.22. The minimum Gasteiger partial charge on any atom is -0.387 e. The maximum Gasteiger partial charge on any atom is 0.0916 e. The van der Waals surface area contributed by atoms with Crippen molar-refractivity contribution < 1.29 is 5.11 Å². The molecule has 2 N–H and O–H groups in total. The van der Waals surface area contributed by atoms with Crippen LogP contribution in [-0.2, 0) is 0 Å². The molecule has 2 aliphatic rings. The van der Waals surface area contributed by atoms with Gasteiger partial charge in [-0.1, -0.05) is 43.2 Å². The van der Waals surface area contributed by atoms with Crippen LogP contribution < -0.4 is 5.32 Å². The van der Waals surface area contributed by atoms with Gasteiger partial charge < -0.3 is 15.3 Å². The van der Waals surface area contributed by atoms with E-state index in [9.17, 15) is 5.11 Å². The van der Waals surface area contributed by atoms with Crippen LogP contribution in [0.15, 0.2) is 30.3 Å². The van der Waals surface area contributed by atoms with Gasteiger partial charge in [0.15, 0.2) is 0 Å². The van der Waals surface area contributed by atoms with E-state index in [1.165, 1.54) is 45.1 Å². The van der Waals surface area contributed by atoms with Gasteiger partial charge in [-0.15, -0.1) is 0 Å². The molecule has 22 heavy (non-hydrogen) atoms. The predicted molar refractivity (Wildman–Crippen MR) is 90.8 cm³/mol. The van der Waals surface area contributed by atoms with Crippen molar-refractivity contribution in [3.05, 3.63) is 35.9 Å². The Labute approximate surface area is 134 Å². The molecule has 0 radical (unpaired) electrons. The van der Waals surface area contributed by atoms with Gasteiger partial charge in [-0.2, -0.15) is 0 Å². The summed E-state index contributed by atoms with van der Waals surface area (Å²) in [6, 6.07) is 10.8. The molecule has 1 saturated carbocycles. The summed E-state index contributed by atoms with van der Waals surface area (Å²) in [5.41, 5.74) is 1.03. The van der Waals surface area contributed by atoms with Crippen LogP contribution in [0.4, 0.5) is 0 Å². The van der Waals surface area contributed by atoms with Crippen LogP contribution in [0.1, 0.15) is 50.2 Å². The molecule has 0 amide bonds. The third-order valence-corrected chi connectivity index (χ3v) is 5.37. The minimum atomic E-state index is -0.352. The molecule has 1 aromatic rings. The van der Waals surface area contributed by atoms with Gasteiger partial charge in [-0.3, -0.25) is 0 Å². The van der Waals surface area contributed by atoms with Crippen molar-refractivity contribution in [3.63, 3.8) is 0 Å². The van der Waals surface area contributed by atoms with Gasteiger partial charge in [0.2, 0.25) is 0 Å². The molecule has 0 bridgehead atoms. The van der Waals surface area contributed by atoms with Gasteiger partial charge in [-0.25, -0.2) is 0 Å². The quantitative estimate of drug-likeness (QED) is 0.848. The van der Waals surface area contributed by atoms with Crippen molar-refractivity contribution in [1.82, 2.24) is 10.2 Å². The Morgan fingerprint density at radius 2 is 1.73 bits per heavy atom. The lowest BCUT2D eigenvalue weighted by Gasteiger charge is -2.33. The monoisotopic (exact) mass is 302 g/mol. The van der Waals surface area contributed by atoms with Gasteiger partial charge in [0.1, 0.15) is 0 Å². The molecule has 1 aliphatic heterocycles. The highest BCUT2D eigenvalue weighted by Gasteiger charge is 2.22. The third-order valence-electron chi connectivity index (χ3n) is 5.37. The average molecular weight is 302 g/mol. The first-order chi connectivity index (χ1) is 10.8. The molecule has 2 fully saturated rings. The topological polar surface area (TPSA) is 35.5 Å². The van der Waals surface area contributed by atoms with Crippen molar-refractivity contribution in [3.8, 4) is 0 Å². The van der Waals surface area contributed by atoms with Crippen LogP contribution in [0.5, 0.6) is 0 Å². The lowest BCUT2D eigenvalue weighted by atomic mass is 9.95. The molecule has 0 unspecified atom stereocenters. The van der Waals surface area contributed by atoms with Crippen LogP contribution >= 0.6 is 0 Å². The number of aliphatic hydroxyl groups is 1. The normalized spacial score (nSPS) is 23.0. The van der Waals surface area contributed by atoms with Crippen LogP contribution in [-0.4, -0.2) is 42.2 Å². The number of piperidine rings is 1. The number of aliphatic hydroxyl groups excluding tert-OH is 1. The summed E-state index contributed by atoms with van der Waals surface area (Å²) in [5, 5.41) is 14.1. The maximum atomic E-state index is 10.3. The number of hydrogen-bond acceptors (Lipinski definition) is 3. The number of likely N-dealkylation sites (tertiary alicyclic amines) is 1. The first-order valence-electron chi connectivity index (χ1n) is 9.00. The molecule has 3 rings (SSSR count). The standard InChI is InChI=1S/C19H30N2O/c22-19(17-6-2-1-3-7-17)15-21-12-10-16(11-13-21)14-20-18-8-4-5-9-18/h1-3,6-7,16,18-20,22H,4-5,8-15H2/t19-/m1/s1. The van der Waals surface area contributed by atoms with E-state index >= 15 is 0 Å². The SMILES string of the molecule is O[C@H](CN1CCC(CNC2CCCC2)CC1)c1ccccc1. The molecule has 0 spiro atoms. The van der Waals surface area contributed by atoms with Crippen molar-refractivity contribution >= 4 is 0 Å². The number of β-amino-alcohol motifs (C(OH)–C–C–N with tert-alkyl or cyclic N) is 1. The van der Waals surface area contributed by atoms with Crippen LogP contribution in [0.2, 0.25) is 0 Å². The highest BCUT2D eigenvalue weighted by atomic mass is 16.3. The zero-order valence-corrected chi connectivity index (χ0v) is 13.6. The number of hydrogen-bond donors (Lipinski definition) is 2. The lowest BCUT2D eigenvalue weighted by Crippen LogP contribution is -2.40. The average Bonchev–Trinajstić information content (AvgIpc) is 3.08. The van der Waals surface area contributed by atoms with E-state index in [4.69, 9.17) is 0 Å². The fraction of sp³-hybridized carbons (Fsp3) is 0.684. The molecular formula is C19H30N2O. The Kier molecular flexibility index (Phi) is 5.88. The molecule has 1 heterocycles. The summed E-state index contributed by atoms with van der Waals surface area (Å²) in [6.07, 6.45) is 7.75. The smallest absolute Gasteiger partial charge is 0.0916 e. The largest absolute Gasteiger partial charge is 0.387 e. The summed E-state index contributed by atoms with van der Waals surface area (Å²) >= 11 is 0. The van der Waals surface area contributed by atoms with E-state index in [-0.39, 0.29) is 6.10 Å². The Balaban J connectivity index is 1.36. The fourth-order valence-electron chi connectivity index (χ4n) is 3.86. The molecule has 1 atom stereocenters. The molecular weight excluding hydrogens is 272 g/mol. The first-order valence-corrected chi connectivity index (χ1v) is 9.00. The zero-order chi connectivity index (χ0) is 15.2. The lowest BCUT2D eigenvalue weighted by molar-refractivity contribution is 0.0887. The molecule has 1 saturated heterocycles. The summed E-state index contributed by atoms with van der Waals surface area (Å²) in [6.45, 7) is 4.22. The second-order valence-electron chi connectivity index (χ2n) is 7.06. The van der Waals surface area contributed by atoms with E-state index < -0.39 is 0 Å². The van der Waals surface area contributed by atoms with Gasteiger partial charge in [-0.05, 0) is 56.8 Å². The number of benzene rings is 1. The molecule has 1 aliphatic carbocycles. The van der Waals surface area contributed by atoms with Crippen molar-refractivity contribution in [2.75, 3.05) is 26.2 Å². The van der Waals surface area contributed by atoms with Crippen molar-refractivity contribution in [1.29, 1.82) is 0 Å². The Morgan fingerprint density at radius 3 is 2.41 bits per heavy atom. The molecule has 3 heteroatoms. The Bertz CT molecular complexity index is 422. The summed E-state index contributed by atoms with van der Waals surface area (Å²) in [4.78, 5) is 2.42. The van der Waals surface area contributed by atoms with E-state index in [2.05, 4.69) is 10.2 Å². The second kappa shape index (κ2) is 8.09. The van der Waals surface area contributed by atoms with Gasteiger partial charge in [0, 0.05) is 12.6 Å². The number of nitrogens with zero attached hydrogens (tertiary/aromatic N) is 1. The van der Waals surface area contributed by atoms with Crippen molar-refractivity contribution in [2.24, 2.45) is 5.92 Å². The van der Waals surface area contributed by atoms with Gasteiger partial charge in [0.05, 0.1) is 6.10 Å². The van der Waals surface area contributed by atoms with E-state index in [0.717, 1.165) is 37.2 Å².